The molecule has 1 aromatic rings. The molecule has 1 aromatic heterocycles. The van der Waals surface area contributed by atoms with Gasteiger partial charge in [-0.2, -0.15) is 5.10 Å². The summed E-state index contributed by atoms with van der Waals surface area (Å²) in [6.45, 7) is 2.02. The van der Waals surface area contributed by atoms with Crippen LogP contribution in [0.5, 0.6) is 0 Å². The first-order valence-corrected chi connectivity index (χ1v) is 8.16. The van der Waals surface area contributed by atoms with Gasteiger partial charge in [0, 0.05) is 25.3 Å². The first-order valence-electron chi connectivity index (χ1n) is 8.16. The Morgan fingerprint density at radius 2 is 1.78 bits per heavy atom. The topological polar surface area (TPSA) is 56.3 Å². The van der Waals surface area contributed by atoms with E-state index in [-0.39, 0.29) is 6.04 Å². The van der Waals surface area contributed by atoms with Crippen LogP contribution in [0, 0.1) is 11.8 Å². The molecule has 0 bridgehead atoms. The van der Waals surface area contributed by atoms with E-state index in [0.29, 0.717) is 30.7 Å². The van der Waals surface area contributed by atoms with Crippen molar-refractivity contribution < 1.29 is 17.9 Å². The molecule has 1 aliphatic heterocycles. The van der Waals surface area contributed by atoms with Crippen LogP contribution in [-0.2, 0) is 4.74 Å². The predicted molar refractivity (Wildman–Crippen MR) is 77.8 cm³/mol. The molecule has 2 heterocycles. The van der Waals surface area contributed by atoms with Crippen LogP contribution in [0.4, 0.5) is 18.9 Å². The van der Waals surface area contributed by atoms with Crippen LogP contribution in [0.3, 0.4) is 0 Å². The Hall–Kier alpha value is -1.28. The molecule has 2 atom stereocenters. The zero-order valence-electron chi connectivity index (χ0n) is 12.7. The number of hydrogen-bond acceptors (Lipinski definition) is 4. The van der Waals surface area contributed by atoms with Gasteiger partial charge in [-0.15, -0.1) is 13.2 Å². The van der Waals surface area contributed by atoms with Gasteiger partial charge in [0.1, 0.15) is 0 Å². The average molecular weight is 330 g/mol. The third-order valence-electron chi connectivity index (χ3n) is 5.48. The number of nitrogens with zero attached hydrogens (tertiary/aromatic N) is 3. The fraction of sp³-hybridized carbons (Fsp3) is 0.800. The second-order valence-corrected chi connectivity index (χ2v) is 7.15. The Morgan fingerprint density at radius 1 is 1.13 bits per heavy atom. The smallest absolute Gasteiger partial charge is 0.368 e. The van der Waals surface area contributed by atoms with Crippen LogP contribution in [0.25, 0.3) is 0 Å². The summed E-state index contributed by atoms with van der Waals surface area (Å²) in [5.74, 6) is 1.34. The lowest BCUT2D eigenvalue weighted by atomic mass is 9.89. The summed E-state index contributed by atoms with van der Waals surface area (Å²) in [6.07, 6.45) is 1.40. The lowest BCUT2D eigenvalue weighted by Gasteiger charge is -2.35. The van der Waals surface area contributed by atoms with Crippen LogP contribution in [-0.4, -0.2) is 41.4 Å². The van der Waals surface area contributed by atoms with Crippen molar-refractivity contribution in [2.75, 3.05) is 18.0 Å². The summed E-state index contributed by atoms with van der Waals surface area (Å²) >= 11 is 0. The maximum atomic E-state index is 12.1. The number of ether oxygens (including phenoxy) is 1. The number of aromatic nitrogens is 2. The van der Waals surface area contributed by atoms with Crippen molar-refractivity contribution in [1.82, 2.24) is 9.78 Å². The summed E-state index contributed by atoms with van der Waals surface area (Å²) in [7, 11) is 0. The monoisotopic (exact) mass is 330 g/mol. The minimum atomic E-state index is -4.54. The van der Waals surface area contributed by atoms with Crippen molar-refractivity contribution >= 4 is 5.69 Å². The van der Waals surface area contributed by atoms with E-state index in [2.05, 4.69) is 14.7 Å². The molecule has 0 radical (unpaired) electrons. The van der Waals surface area contributed by atoms with Gasteiger partial charge in [-0.25, -0.2) is 0 Å². The number of rotatable bonds is 3. The van der Waals surface area contributed by atoms with Crippen LogP contribution in [0.15, 0.2) is 12.4 Å². The first-order chi connectivity index (χ1) is 10.9. The molecule has 0 aromatic carbocycles. The van der Waals surface area contributed by atoms with E-state index < -0.39 is 12.5 Å². The fourth-order valence-electron chi connectivity index (χ4n) is 4.29. The van der Waals surface area contributed by atoms with E-state index in [0.717, 1.165) is 31.6 Å². The van der Waals surface area contributed by atoms with Crippen LogP contribution >= 0.6 is 0 Å². The van der Waals surface area contributed by atoms with E-state index in [1.54, 1.807) is 4.68 Å². The summed E-state index contributed by atoms with van der Waals surface area (Å²) in [6, 6.07) is 0.349. The molecule has 0 spiro atoms. The fourth-order valence-corrected chi connectivity index (χ4v) is 4.29. The molecule has 2 N–H and O–H groups in total. The first kappa shape index (κ1) is 15.3. The molecule has 3 aliphatic rings. The van der Waals surface area contributed by atoms with Gasteiger partial charge in [0.2, 0.25) is 0 Å². The summed E-state index contributed by atoms with van der Waals surface area (Å²) in [5.41, 5.74) is 7.07. The van der Waals surface area contributed by atoms with Gasteiger partial charge in [0.25, 0.3) is 0 Å². The minimum Gasteiger partial charge on any atom is -0.368 e. The van der Waals surface area contributed by atoms with E-state index >= 15 is 0 Å². The van der Waals surface area contributed by atoms with Crippen molar-refractivity contribution in [2.24, 2.45) is 17.6 Å². The van der Waals surface area contributed by atoms with Gasteiger partial charge in [-0.3, -0.25) is 9.42 Å². The van der Waals surface area contributed by atoms with Crippen LogP contribution in [0.2, 0.25) is 0 Å². The lowest BCUT2D eigenvalue weighted by molar-refractivity contribution is -0.353. The van der Waals surface area contributed by atoms with Gasteiger partial charge in [-0.05, 0) is 37.5 Å². The highest BCUT2D eigenvalue weighted by Gasteiger charge is 2.42. The number of fused-ring (bicyclic) bond motifs is 1. The van der Waals surface area contributed by atoms with Gasteiger partial charge in [0.15, 0.2) is 0 Å². The average Bonchev–Trinajstić information content (AvgIpc) is 3.05. The highest BCUT2D eigenvalue weighted by atomic mass is 19.4. The second kappa shape index (κ2) is 5.37. The molecule has 0 amide bonds. The van der Waals surface area contributed by atoms with E-state index in [1.807, 2.05) is 12.4 Å². The lowest BCUT2D eigenvalue weighted by Crippen LogP contribution is -2.37. The van der Waals surface area contributed by atoms with E-state index in [1.165, 1.54) is 0 Å². The van der Waals surface area contributed by atoms with Gasteiger partial charge >= 0.3 is 6.36 Å². The Labute approximate surface area is 132 Å². The number of alkyl halides is 3. The van der Waals surface area contributed by atoms with Crippen molar-refractivity contribution in [3.05, 3.63) is 12.4 Å². The van der Waals surface area contributed by atoms with Crippen molar-refractivity contribution in [3.63, 3.8) is 0 Å². The van der Waals surface area contributed by atoms with Crippen LogP contribution in [0.1, 0.15) is 31.7 Å². The molecule has 8 heteroatoms. The standard InChI is InChI=1S/C15H21F3N4O/c16-15(17,18)23-14-3-12(4-14)22-8-13(5-20-22)21-6-9-1-11(19)2-10(9)7-21/h5,8-12,14H,1-4,6-7,19H2. The number of anilines is 1. The third-order valence-corrected chi connectivity index (χ3v) is 5.48. The molecule has 1 saturated heterocycles. The third kappa shape index (κ3) is 3.06. The van der Waals surface area contributed by atoms with Crippen molar-refractivity contribution in [3.8, 4) is 0 Å². The molecule has 2 aliphatic carbocycles. The Kier molecular flexibility index (Phi) is 3.57. The Morgan fingerprint density at radius 3 is 2.39 bits per heavy atom. The summed E-state index contributed by atoms with van der Waals surface area (Å²) < 4.78 is 42.2. The van der Waals surface area contributed by atoms with Gasteiger partial charge in [0.05, 0.1) is 24.0 Å². The highest BCUT2D eigenvalue weighted by Crippen LogP contribution is 2.41. The van der Waals surface area contributed by atoms with E-state index in [4.69, 9.17) is 5.73 Å². The highest BCUT2D eigenvalue weighted by molar-refractivity contribution is 5.44. The Balaban J connectivity index is 1.33. The molecule has 128 valence electrons. The largest absolute Gasteiger partial charge is 0.522 e. The minimum absolute atomic E-state index is 0.00613. The normalized spacial score (nSPS) is 37.0. The zero-order chi connectivity index (χ0) is 16.2. The molecule has 3 fully saturated rings. The molecule has 2 unspecified atom stereocenters. The second-order valence-electron chi connectivity index (χ2n) is 7.15. The molecular formula is C15H21F3N4O. The molecule has 2 saturated carbocycles. The quantitative estimate of drug-likeness (QED) is 0.924. The SMILES string of the molecule is NC1CC2CN(c3cnn(C4CC(OC(F)(F)F)C4)c3)CC2C1. The molecule has 5 nitrogen and oxygen atoms in total. The Bertz CT molecular complexity index is 555. The maximum Gasteiger partial charge on any atom is 0.522 e. The van der Waals surface area contributed by atoms with Gasteiger partial charge < -0.3 is 10.6 Å². The predicted octanol–water partition coefficient (Wildman–Crippen LogP) is 2.30. The summed E-state index contributed by atoms with van der Waals surface area (Å²) in [5, 5.41) is 4.34. The van der Waals surface area contributed by atoms with Crippen molar-refractivity contribution in [1.29, 1.82) is 0 Å². The number of halogens is 3. The van der Waals surface area contributed by atoms with Gasteiger partial charge in [-0.1, -0.05) is 0 Å². The molecule has 23 heavy (non-hydrogen) atoms. The number of hydrogen-bond donors (Lipinski definition) is 1. The summed E-state index contributed by atoms with van der Waals surface area (Å²) in [4.78, 5) is 2.33. The van der Waals surface area contributed by atoms with Crippen molar-refractivity contribution in [2.45, 2.75) is 50.2 Å². The zero-order valence-corrected chi connectivity index (χ0v) is 12.7. The molecular weight excluding hydrogens is 309 g/mol. The number of nitrogens with two attached hydrogens (primary N) is 1. The van der Waals surface area contributed by atoms with Crippen LogP contribution < -0.4 is 10.6 Å². The van der Waals surface area contributed by atoms with E-state index in [9.17, 15) is 13.2 Å². The molecule has 4 rings (SSSR count). The maximum absolute atomic E-state index is 12.1.